The summed E-state index contributed by atoms with van der Waals surface area (Å²) in [5.74, 6) is 0.668. The molecular weight excluding hydrogens is 216 g/mol. The fraction of sp³-hybridized carbons (Fsp3) is 0.615. The fourth-order valence-electron chi connectivity index (χ4n) is 1.54. The van der Waals surface area contributed by atoms with Gasteiger partial charge >= 0.3 is 0 Å². The molecule has 0 unspecified atom stereocenters. The number of rotatable bonds is 9. The molecule has 0 atom stereocenters. The maximum absolute atomic E-state index is 8.63. The molecule has 0 bridgehead atoms. The van der Waals surface area contributed by atoms with E-state index in [9.17, 15) is 0 Å². The summed E-state index contributed by atoms with van der Waals surface area (Å²) in [6.45, 7) is 3.84. The number of hydrogen-bond donors (Lipinski definition) is 2. The maximum atomic E-state index is 8.63. The summed E-state index contributed by atoms with van der Waals surface area (Å²) in [6.07, 6.45) is 6.06. The summed E-state index contributed by atoms with van der Waals surface area (Å²) >= 11 is 0. The third kappa shape index (κ3) is 6.12. The highest BCUT2D eigenvalue weighted by Crippen LogP contribution is 2.11. The van der Waals surface area contributed by atoms with Gasteiger partial charge in [-0.2, -0.15) is 0 Å². The number of nitrogens with zero attached hydrogens (tertiary/aromatic N) is 1. The minimum atomic E-state index is 0.302. The van der Waals surface area contributed by atoms with Gasteiger partial charge in [-0.1, -0.05) is 12.8 Å². The van der Waals surface area contributed by atoms with Crippen molar-refractivity contribution >= 4 is 5.69 Å². The molecule has 0 amide bonds. The van der Waals surface area contributed by atoms with E-state index in [1.54, 1.807) is 6.20 Å². The van der Waals surface area contributed by atoms with E-state index in [-0.39, 0.29) is 0 Å². The van der Waals surface area contributed by atoms with E-state index < -0.39 is 0 Å². The van der Waals surface area contributed by atoms with Gasteiger partial charge < -0.3 is 15.2 Å². The zero-order valence-electron chi connectivity index (χ0n) is 10.5. The zero-order chi connectivity index (χ0) is 12.3. The van der Waals surface area contributed by atoms with Gasteiger partial charge in [0.2, 0.25) is 5.88 Å². The smallest absolute Gasteiger partial charge is 0.213 e. The number of hydrogen-bond acceptors (Lipinski definition) is 4. The molecule has 0 aliphatic rings. The van der Waals surface area contributed by atoms with Gasteiger partial charge in [0.15, 0.2) is 0 Å². The van der Waals surface area contributed by atoms with Crippen LogP contribution in [0.1, 0.15) is 32.6 Å². The van der Waals surface area contributed by atoms with E-state index >= 15 is 0 Å². The molecule has 17 heavy (non-hydrogen) atoms. The number of aromatic nitrogens is 1. The van der Waals surface area contributed by atoms with Gasteiger partial charge in [-0.05, 0) is 25.8 Å². The molecule has 0 fully saturated rings. The predicted octanol–water partition coefficient (Wildman–Crippen LogP) is 2.44. The van der Waals surface area contributed by atoms with Gasteiger partial charge in [-0.25, -0.2) is 4.98 Å². The highest BCUT2D eigenvalue weighted by atomic mass is 16.5. The number of unbranched alkanes of at least 4 members (excludes halogenated alkanes) is 3. The van der Waals surface area contributed by atoms with Crippen molar-refractivity contribution in [2.75, 3.05) is 25.1 Å². The standard InChI is InChI=1S/C13H22N2O2/c1-2-17-13-8-7-12(11-15-13)14-9-5-3-4-6-10-16/h7-8,11,14,16H,2-6,9-10H2,1H3. The molecule has 0 aliphatic heterocycles. The summed E-state index contributed by atoms with van der Waals surface area (Å²) in [4.78, 5) is 4.18. The second-order valence-corrected chi connectivity index (χ2v) is 3.88. The highest BCUT2D eigenvalue weighted by molar-refractivity contribution is 5.41. The van der Waals surface area contributed by atoms with Crippen LogP contribution in [-0.2, 0) is 0 Å². The number of pyridine rings is 1. The number of aliphatic hydroxyl groups is 1. The van der Waals surface area contributed by atoms with E-state index in [0.29, 0.717) is 19.1 Å². The molecule has 2 N–H and O–H groups in total. The van der Waals surface area contributed by atoms with Crippen LogP contribution in [-0.4, -0.2) is 29.8 Å². The van der Waals surface area contributed by atoms with Crippen LogP contribution in [0.2, 0.25) is 0 Å². The molecule has 1 aromatic rings. The van der Waals surface area contributed by atoms with Crippen LogP contribution in [0.5, 0.6) is 5.88 Å². The van der Waals surface area contributed by atoms with Crippen molar-refractivity contribution in [3.8, 4) is 5.88 Å². The molecule has 1 rings (SSSR count). The van der Waals surface area contributed by atoms with Crippen molar-refractivity contribution in [2.45, 2.75) is 32.6 Å². The monoisotopic (exact) mass is 238 g/mol. The summed E-state index contributed by atoms with van der Waals surface area (Å²) < 4.78 is 5.27. The van der Waals surface area contributed by atoms with E-state index in [0.717, 1.165) is 37.9 Å². The van der Waals surface area contributed by atoms with E-state index in [1.165, 1.54) is 0 Å². The third-order valence-electron chi connectivity index (χ3n) is 2.44. The Kier molecular flexibility index (Phi) is 7.14. The number of ether oxygens (including phenoxy) is 1. The summed E-state index contributed by atoms with van der Waals surface area (Å²) in [7, 11) is 0. The Labute approximate surface area is 103 Å². The van der Waals surface area contributed by atoms with Crippen LogP contribution in [0.4, 0.5) is 5.69 Å². The first-order valence-electron chi connectivity index (χ1n) is 6.30. The van der Waals surface area contributed by atoms with E-state index in [1.807, 2.05) is 19.1 Å². The largest absolute Gasteiger partial charge is 0.478 e. The van der Waals surface area contributed by atoms with E-state index in [4.69, 9.17) is 9.84 Å². The normalized spacial score (nSPS) is 10.2. The molecule has 0 spiro atoms. The van der Waals surface area contributed by atoms with Crippen LogP contribution < -0.4 is 10.1 Å². The van der Waals surface area contributed by atoms with Crippen molar-refractivity contribution < 1.29 is 9.84 Å². The van der Waals surface area contributed by atoms with Crippen LogP contribution in [0.3, 0.4) is 0 Å². The quantitative estimate of drug-likeness (QED) is 0.649. The molecule has 4 nitrogen and oxygen atoms in total. The second kappa shape index (κ2) is 8.82. The Morgan fingerprint density at radius 3 is 2.71 bits per heavy atom. The van der Waals surface area contributed by atoms with Crippen molar-refractivity contribution in [3.05, 3.63) is 18.3 Å². The summed E-state index contributed by atoms with van der Waals surface area (Å²) in [5.41, 5.74) is 1.02. The van der Waals surface area contributed by atoms with Gasteiger partial charge in [-0.3, -0.25) is 0 Å². The Morgan fingerprint density at radius 2 is 2.06 bits per heavy atom. The van der Waals surface area contributed by atoms with E-state index in [2.05, 4.69) is 10.3 Å². The first-order chi connectivity index (χ1) is 8.36. The van der Waals surface area contributed by atoms with Gasteiger partial charge in [0.05, 0.1) is 18.5 Å². The molecule has 96 valence electrons. The van der Waals surface area contributed by atoms with Crippen LogP contribution in [0, 0.1) is 0 Å². The fourth-order valence-corrected chi connectivity index (χ4v) is 1.54. The summed E-state index contributed by atoms with van der Waals surface area (Å²) in [6, 6.07) is 3.85. The number of nitrogens with one attached hydrogen (secondary N) is 1. The minimum Gasteiger partial charge on any atom is -0.478 e. The molecule has 0 saturated carbocycles. The molecule has 1 heterocycles. The molecule has 0 aromatic carbocycles. The third-order valence-corrected chi connectivity index (χ3v) is 2.44. The zero-order valence-corrected chi connectivity index (χ0v) is 10.5. The van der Waals surface area contributed by atoms with Crippen molar-refractivity contribution in [1.29, 1.82) is 0 Å². The number of aliphatic hydroxyl groups excluding tert-OH is 1. The Balaban J connectivity index is 2.14. The summed E-state index contributed by atoms with van der Waals surface area (Å²) in [5, 5.41) is 11.9. The lowest BCUT2D eigenvalue weighted by molar-refractivity contribution is 0.283. The van der Waals surface area contributed by atoms with Gasteiger partial charge in [0, 0.05) is 19.2 Å². The molecular formula is C13H22N2O2. The average Bonchev–Trinajstić information content (AvgIpc) is 2.36. The minimum absolute atomic E-state index is 0.302. The van der Waals surface area contributed by atoms with Gasteiger partial charge in [0.1, 0.15) is 0 Å². The van der Waals surface area contributed by atoms with Crippen molar-refractivity contribution in [1.82, 2.24) is 4.98 Å². The van der Waals surface area contributed by atoms with Crippen molar-refractivity contribution in [2.24, 2.45) is 0 Å². The Morgan fingerprint density at radius 1 is 1.24 bits per heavy atom. The van der Waals surface area contributed by atoms with Crippen LogP contribution >= 0.6 is 0 Å². The predicted molar refractivity (Wildman–Crippen MR) is 69.4 cm³/mol. The molecule has 0 aliphatic carbocycles. The lowest BCUT2D eigenvalue weighted by Crippen LogP contribution is -2.02. The molecule has 1 aromatic heterocycles. The maximum Gasteiger partial charge on any atom is 0.213 e. The lowest BCUT2D eigenvalue weighted by atomic mass is 10.2. The lowest BCUT2D eigenvalue weighted by Gasteiger charge is -2.07. The Bertz CT molecular complexity index is 288. The van der Waals surface area contributed by atoms with Crippen molar-refractivity contribution in [3.63, 3.8) is 0 Å². The molecule has 4 heteroatoms. The average molecular weight is 238 g/mol. The molecule has 0 radical (unpaired) electrons. The van der Waals surface area contributed by atoms with Gasteiger partial charge in [-0.15, -0.1) is 0 Å². The topological polar surface area (TPSA) is 54.4 Å². The van der Waals surface area contributed by atoms with Crippen LogP contribution in [0.25, 0.3) is 0 Å². The second-order valence-electron chi connectivity index (χ2n) is 3.88. The number of anilines is 1. The van der Waals surface area contributed by atoms with Crippen LogP contribution in [0.15, 0.2) is 18.3 Å². The highest BCUT2D eigenvalue weighted by Gasteiger charge is 1.95. The SMILES string of the molecule is CCOc1ccc(NCCCCCCO)cn1. The van der Waals surface area contributed by atoms with Gasteiger partial charge in [0.25, 0.3) is 0 Å². The first kappa shape index (κ1) is 13.8. The molecule has 0 saturated heterocycles. The Hall–Kier alpha value is -1.29. The first-order valence-corrected chi connectivity index (χ1v) is 6.30.